The van der Waals surface area contributed by atoms with Crippen molar-refractivity contribution < 1.29 is 0 Å². The summed E-state index contributed by atoms with van der Waals surface area (Å²) >= 11 is 0. The van der Waals surface area contributed by atoms with Crippen LogP contribution in [0.4, 0.5) is 0 Å². The van der Waals surface area contributed by atoms with Gasteiger partial charge in [-0.2, -0.15) is 5.10 Å². The maximum Gasteiger partial charge on any atom is 0.153 e. The van der Waals surface area contributed by atoms with Crippen molar-refractivity contribution in [1.82, 2.24) is 9.99 Å². The highest BCUT2D eigenvalue weighted by Crippen LogP contribution is 2.37. The van der Waals surface area contributed by atoms with E-state index >= 15 is 0 Å². The number of aliphatic imine (C=N–C) groups is 1. The lowest BCUT2D eigenvalue weighted by atomic mass is 9.85. The molecule has 5 rings (SSSR count). The van der Waals surface area contributed by atoms with Crippen LogP contribution in [0.25, 0.3) is 16.6 Å². The van der Waals surface area contributed by atoms with Gasteiger partial charge in [0.05, 0.1) is 11.4 Å². The number of aromatic nitrogens is 1. The highest BCUT2D eigenvalue weighted by molar-refractivity contribution is 6.07. The van der Waals surface area contributed by atoms with Gasteiger partial charge in [0.1, 0.15) is 12.0 Å². The van der Waals surface area contributed by atoms with E-state index in [1.165, 1.54) is 36.7 Å². The third-order valence-corrected chi connectivity index (χ3v) is 7.56. The molecule has 1 aromatic heterocycles. The molecule has 0 radical (unpaired) electrons. The number of aromatic amines is 1. The summed E-state index contributed by atoms with van der Waals surface area (Å²) < 4.78 is 0. The van der Waals surface area contributed by atoms with Gasteiger partial charge in [-0.05, 0) is 42.4 Å². The molecule has 2 aromatic rings. The van der Waals surface area contributed by atoms with Gasteiger partial charge in [0.2, 0.25) is 0 Å². The average molecular weight is 469 g/mol. The predicted octanol–water partition coefficient (Wildman–Crippen LogP) is 6.13. The summed E-state index contributed by atoms with van der Waals surface area (Å²) in [6.45, 7) is 8.87. The summed E-state index contributed by atoms with van der Waals surface area (Å²) in [5.41, 5.74) is 19.8. The van der Waals surface area contributed by atoms with Gasteiger partial charge in [-0.25, -0.2) is 10.0 Å². The normalized spacial score (nSPS) is 22.5. The molecule has 1 atom stereocenters. The van der Waals surface area contributed by atoms with Gasteiger partial charge in [0, 0.05) is 28.4 Å². The second kappa shape index (κ2) is 9.61. The highest BCUT2D eigenvalue weighted by atomic mass is 15.5. The summed E-state index contributed by atoms with van der Waals surface area (Å²) in [7, 11) is 0. The molecule has 0 spiro atoms. The van der Waals surface area contributed by atoms with Crippen LogP contribution in [-0.4, -0.2) is 22.2 Å². The summed E-state index contributed by atoms with van der Waals surface area (Å²) in [4.78, 5) is 7.87. The fourth-order valence-electron chi connectivity index (χ4n) is 5.52. The van der Waals surface area contributed by atoms with Crippen LogP contribution < -0.4 is 11.5 Å². The first-order valence-electron chi connectivity index (χ1n) is 12.8. The molecule has 6 heteroatoms. The van der Waals surface area contributed by atoms with Crippen LogP contribution in [0.5, 0.6) is 0 Å². The van der Waals surface area contributed by atoms with Crippen LogP contribution in [0.1, 0.15) is 69.5 Å². The third-order valence-electron chi connectivity index (χ3n) is 7.56. The third kappa shape index (κ3) is 4.45. The van der Waals surface area contributed by atoms with Gasteiger partial charge < -0.3 is 16.5 Å². The van der Waals surface area contributed by atoms with Crippen molar-refractivity contribution in [1.29, 1.82) is 0 Å². The summed E-state index contributed by atoms with van der Waals surface area (Å²) in [5, 5.41) is 7.46. The molecule has 1 aliphatic heterocycles. The Morgan fingerprint density at radius 2 is 2.00 bits per heavy atom. The Balaban J connectivity index is 1.54. The Bertz CT molecular complexity index is 1280. The fraction of sp³-hybridized carbons (Fsp3) is 0.379. The lowest BCUT2D eigenvalue weighted by Crippen LogP contribution is -2.35. The van der Waals surface area contributed by atoms with Crippen molar-refractivity contribution in [3.8, 4) is 0 Å². The van der Waals surface area contributed by atoms with Crippen molar-refractivity contribution >= 4 is 28.8 Å². The minimum absolute atomic E-state index is 0.329. The van der Waals surface area contributed by atoms with Crippen molar-refractivity contribution in [2.45, 2.75) is 58.3 Å². The zero-order valence-corrected chi connectivity index (χ0v) is 20.8. The van der Waals surface area contributed by atoms with Crippen LogP contribution in [0.15, 0.2) is 76.1 Å². The number of benzene rings is 1. The van der Waals surface area contributed by atoms with Crippen LogP contribution in [-0.2, 0) is 0 Å². The smallest absolute Gasteiger partial charge is 0.153 e. The van der Waals surface area contributed by atoms with Crippen molar-refractivity contribution in [3.05, 3.63) is 77.3 Å². The Labute approximate surface area is 207 Å². The maximum absolute atomic E-state index is 6.78. The SMILES string of the molecule is C=C(C1CCCCC1)N1N=CN=C(N)/C1=C(/N)c1cc2cccc(C3C=C(C(C)C)C=CC3)c2[nH]1. The van der Waals surface area contributed by atoms with E-state index in [-0.39, 0.29) is 0 Å². The van der Waals surface area contributed by atoms with Crippen molar-refractivity contribution in [2.75, 3.05) is 0 Å². The van der Waals surface area contributed by atoms with E-state index in [2.05, 4.69) is 78.0 Å². The number of rotatable bonds is 5. The monoisotopic (exact) mass is 468 g/mol. The number of allylic oxidation sites excluding steroid dienone is 5. The highest BCUT2D eigenvalue weighted by Gasteiger charge is 2.28. The fourth-order valence-corrected chi connectivity index (χ4v) is 5.52. The van der Waals surface area contributed by atoms with Gasteiger partial charge in [-0.15, -0.1) is 0 Å². The minimum atomic E-state index is 0.329. The number of nitrogens with two attached hydrogens (primary N) is 2. The summed E-state index contributed by atoms with van der Waals surface area (Å²) in [5.74, 6) is 1.57. The number of hydrogen-bond acceptors (Lipinski definition) is 5. The maximum atomic E-state index is 6.78. The quantitative estimate of drug-likeness (QED) is 0.492. The van der Waals surface area contributed by atoms with E-state index in [9.17, 15) is 0 Å². The van der Waals surface area contributed by atoms with E-state index in [0.717, 1.165) is 41.6 Å². The topological polar surface area (TPSA) is 95.8 Å². The molecule has 0 amide bonds. The lowest BCUT2D eigenvalue weighted by Gasteiger charge is -2.32. The minimum Gasteiger partial charge on any atom is -0.395 e. The molecule has 3 aliphatic rings. The number of fused-ring (bicyclic) bond motifs is 1. The molecule has 1 aromatic carbocycles. The largest absolute Gasteiger partial charge is 0.395 e. The van der Waals surface area contributed by atoms with Crippen LogP contribution in [0.3, 0.4) is 0 Å². The van der Waals surface area contributed by atoms with Crippen molar-refractivity contribution in [3.63, 3.8) is 0 Å². The van der Waals surface area contributed by atoms with Gasteiger partial charge in [-0.1, -0.05) is 76.1 Å². The first-order chi connectivity index (χ1) is 16.9. The number of H-pyrrole nitrogens is 1. The molecule has 6 nitrogen and oxygen atoms in total. The molecule has 35 heavy (non-hydrogen) atoms. The van der Waals surface area contributed by atoms with Crippen LogP contribution >= 0.6 is 0 Å². The number of para-hydroxylation sites is 1. The molecule has 1 unspecified atom stereocenters. The molecule has 1 saturated carbocycles. The van der Waals surface area contributed by atoms with E-state index < -0.39 is 0 Å². The number of hydrazone groups is 1. The first-order valence-corrected chi connectivity index (χ1v) is 12.8. The molecule has 5 N–H and O–H groups in total. The molecule has 0 saturated heterocycles. The van der Waals surface area contributed by atoms with Crippen molar-refractivity contribution in [2.24, 2.45) is 33.4 Å². The van der Waals surface area contributed by atoms with Gasteiger partial charge in [-0.3, -0.25) is 0 Å². The van der Waals surface area contributed by atoms with Crippen LogP contribution in [0, 0.1) is 11.8 Å². The van der Waals surface area contributed by atoms with E-state index in [4.69, 9.17) is 11.5 Å². The molecule has 1 fully saturated rings. The van der Waals surface area contributed by atoms with Crippen LogP contribution in [0.2, 0.25) is 0 Å². The van der Waals surface area contributed by atoms with Gasteiger partial charge in [0.15, 0.2) is 5.84 Å². The standard InChI is InChI=1S/C29H36N6/c1-18(2)21-11-7-12-22(15-21)24-14-8-13-23-16-25(34-27(23)24)26(30)28-29(31)32-17-33-35(28)19(3)20-9-5-4-6-10-20/h7-8,11,13-18,20,22,34H,3-6,9-10,12,30H2,1-2H3,(H2,31,32,33)/b28-26-. The second-order valence-corrected chi connectivity index (χ2v) is 10.2. The second-order valence-electron chi connectivity index (χ2n) is 10.2. The lowest BCUT2D eigenvalue weighted by molar-refractivity contribution is 0.323. The summed E-state index contributed by atoms with van der Waals surface area (Å²) in [6, 6.07) is 8.55. The Morgan fingerprint density at radius 1 is 1.20 bits per heavy atom. The molecule has 182 valence electrons. The number of nitrogens with zero attached hydrogens (tertiary/aromatic N) is 3. The van der Waals surface area contributed by atoms with Gasteiger partial charge in [0.25, 0.3) is 0 Å². The van der Waals surface area contributed by atoms with E-state index in [1.807, 2.05) is 5.01 Å². The molecular weight excluding hydrogens is 432 g/mol. The molecule has 0 bridgehead atoms. The molecule has 2 aliphatic carbocycles. The Morgan fingerprint density at radius 3 is 2.77 bits per heavy atom. The first kappa shape index (κ1) is 23.2. The van der Waals surface area contributed by atoms with E-state index in [0.29, 0.717) is 35.0 Å². The van der Waals surface area contributed by atoms with Gasteiger partial charge >= 0.3 is 0 Å². The number of nitrogens with one attached hydrogen (secondary N) is 1. The summed E-state index contributed by atoms with van der Waals surface area (Å²) in [6.07, 6.45) is 15.4. The number of amidine groups is 1. The number of hydrogen-bond donors (Lipinski definition) is 3. The molecular formula is C29H36N6. The predicted molar refractivity (Wildman–Crippen MR) is 146 cm³/mol. The Kier molecular flexibility index (Phi) is 6.37. The molecule has 2 heterocycles. The zero-order valence-electron chi connectivity index (χ0n) is 20.8. The van der Waals surface area contributed by atoms with E-state index in [1.54, 1.807) is 0 Å². The zero-order chi connectivity index (χ0) is 24.5. The average Bonchev–Trinajstić information content (AvgIpc) is 3.33. The Hall–Kier alpha value is -3.54.